The van der Waals surface area contributed by atoms with E-state index in [0.29, 0.717) is 17.9 Å². The maximum absolute atomic E-state index is 14.4. The van der Waals surface area contributed by atoms with Crippen LogP contribution >= 0.6 is 0 Å². The average molecular weight is 424 g/mol. The monoisotopic (exact) mass is 424 g/mol. The Labute approximate surface area is 170 Å². The number of rotatable bonds is 6. The third-order valence-electron chi connectivity index (χ3n) is 4.48. The third-order valence-corrected chi connectivity index (χ3v) is 4.48. The molecule has 0 aliphatic carbocycles. The summed E-state index contributed by atoms with van der Waals surface area (Å²) in [5.41, 5.74) is 1.19. The molecule has 0 aliphatic rings. The Kier molecular flexibility index (Phi) is 6.02. The molecule has 9 heteroatoms. The second-order valence-electron chi connectivity index (χ2n) is 7.08. The molecule has 160 valence electrons. The van der Waals surface area contributed by atoms with Crippen molar-refractivity contribution in [3.63, 3.8) is 0 Å². The standard InChI is InChI=1S/C21H20F4N2O3/c1-12-9-14(30-21(23,24)25)10-15(22)18(12)20(28)29-17-6-4-5-16-19(17)13(11-26-16)7-8-27(2)3/h4-6,9-11,26H,7-8H2,1-3H3. The highest BCUT2D eigenvalue weighted by molar-refractivity contribution is 5.97. The molecule has 0 spiro atoms. The number of hydrogen-bond acceptors (Lipinski definition) is 4. The summed E-state index contributed by atoms with van der Waals surface area (Å²) >= 11 is 0. The fourth-order valence-corrected chi connectivity index (χ4v) is 3.16. The molecular weight excluding hydrogens is 404 g/mol. The van der Waals surface area contributed by atoms with Gasteiger partial charge in [0.1, 0.15) is 17.3 Å². The minimum atomic E-state index is -4.96. The lowest BCUT2D eigenvalue weighted by Crippen LogP contribution is -2.18. The first-order valence-electron chi connectivity index (χ1n) is 9.07. The van der Waals surface area contributed by atoms with Crippen molar-refractivity contribution in [1.29, 1.82) is 0 Å². The molecule has 1 aromatic heterocycles. The van der Waals surface area contributed by atoms with Crippen molar-refractivity contribution in [2.75, 3.05) is 20.6 Å². The minimum Gasteiger partial charge on any atom is -0.422 e. The molecule has 0 saturated carbocycles. The zero-order valence-corrected chi connectivity index (χ0v) is 16.6. The van der Waals surface area contributed by atoms with Gasteiger partial charge in [0, 0.05) is 29.7 Å². The van der Waals surface area contributed by atoms with Gasteiger partial charge in [0.05, 0.1) is 5.56 Å². The number of halogens is 4. The van der Waals surface area contributed by atoms with Crippen LogP contribution in [0, 0.1) is 12.7 Å². The quantitative estimate of drug-likeness (QED) is 0.350. The molecule has 0 radical (unpaired) electrons. The maximum atomic E-state index is 14.4. The number of aromatic amines is 1. The van der Waals surface area contributed by atoms with E-state index in [2.05, 4.69) is 9.72 Å². The number of nitrogens with zero attached hydrogens (tertiary/aromatic N) is 1. The molecule has 1 heterocycles. The van der Waals surface area contributed by atoms with Crippen LogP contribution in [0.2, 0.25) is 0 Å². The number of aryl methyl sites for hydroxylation is 1. The van der Waals surface area contributed by atoms with Gasteiger partial charge in [0.2, 0.25) is 0 Å². The summed E-state index contributed by atoms with van der Waals surface area (Å²) in [7, 11) is 3.88. The van der Waals surface area contributed by atoms with Gasteiger partial charge in [0.25, 0.3) is 0 Å². The maximum Gasteiger partial charge on any atom is 0.573 e. The lowest BCUT2D eigenvalue weighted by atomic mass is 10.1. The highest BCUT2D eigenvalue weighted by atomic mass is 19.4. The molecule has 0 atom stereocenters. The number of ether oxygens (including phenoxy) is 2. The Morgan fingerprint density at radius 1 is 1.20 bits per heavy atom. The highest BCUT2D eigenvalue weighted by Crippen LogP contribution is 2.31. The van der Waals surface area contributed by atoms with E-state index in [4.69, 9.17) is 4.74 Å². The number of carbonyl (C=O) groups excluding carboxylic acids is 1. The number of nitrogens with one attached hydrogen (secondary N) is 1. The van der Waals surface area contributed by atoms with E-state index >= 15 is 0 Å². The summed E-state index contributed by atoms with van der Waals surface area (Å²) in [6.07, 6.45) is -2.45. The topological polar surface area (TPSA) is 54.6 Å². The molecule has 0 bridgehead atoms. The molecule has 3 aromatic rings. The van der Waals surface area contributed by atoms with Crippen LogP contribution in [0.5, 0.6) is 11.5 Å². The van der Waals surface area contributed by atoms with Crippen molar-refractivity contribution < 1.29 is 31.8 Å². The summed E-state index contributed by atoms with van der Waals surface area (Å²) in [4.78, 5) is 17.8. The molecule has 0 amide bonds. The number of H-pyrrole nitrogens is 1. The van der Waals surface area contributed by atoms with Gasteiger partial charge in [-0.3, -0.25) is 0 Å². The van der Waals surface area contributed by atoms with Crippen molar-refractivity contribution in [3.05, 3.63) is 59.0 Å². The third kappa shape index (κ3) is 4.91. The van der Waals surface area contributed by atoms with Crippen LogP contribution in [0.4, 0.5) is 17.6 Å². The largest absolute Gasteiger partial charge is 0.573 e. The normalized spacial score (nSPS) is 11.9. The molecule has 3 rings (SSSR count). The Bertz CT molecular complexity index is 1050. The van der Waals surface area contributed by atoms with Gasteiger partial charge in [0.15, 0.2) is 0 Å². The van der Waals surface area contributed by atoms with Gasteiger partial charge in [-0.15, -0.1) is 13.2 Å². The zero-order valence-electron chi connectivity index (χ0n) is 16.6. The van der Waals surface area contributed by atoms with Crippen LogP contribution in [0.25, 0.3) is 10.9 Å². The van der Waals surface area contributed by atoms with Gasteiger partial charge < -0.3 is 19.4 Å². The van der Waals surface area contributed by atoms with Crippen LogP contribution in [0.1, 0.15) is 21.5 Å². The summed E-state index contributed by atoms with van der Waals surface area (Å²) in [5, 5.41) is 0.697. The number of fused-ring (bicyclic) bond motifs is 1. The van der Waals surface area contributed by atoms with Crippen LogP contribution in [0.15, 0.2) is 36.5 Å². The van der Waals surface area contributed by atoms with E-state index in [1.165, 1.54) is 6.92 Å². The van der Waals surface area contributed by atoms with Crippen LogP contribution in [0.3, 0.4) is 0 Å². The summed E-state index contributed by atoms with van der Waals surface area (Å²) in [5.74, 6) is -2.67. The van der Waals surface area contributed by atoms with Gasteiger partial charge >= 0.3 is 12.3 Å². The number of likely N-dealkylation sites (N-methyl/N-ethyl adjacent to an activating group) is 1. The Morgan fingerprint density at radius 3 is 2.57 bits per heavy atom. The first-order chi connectivity index (χ1) is 14.0. The number of esters is 1. The number of carbonyl (C=O) groups is 1. The Hall–Kier alpha value is -3.07. The van der Waals surface area contributed by atoms with Crippen molar-refractivity contribution in [2.24, 2.45) is 0 Å². The Balaban J connectivity index is 1.91. The lowest BCUT2D eigenvalue weighted by molar-refractivity contribution is -0.274. The predicted molar refractivity (Wildman–Crippen MR) is 103 cm³/mol. The number of aromatic nitrogens is 1. The second-order valence-corrected chi connectivity index (χ2v) is 7.08. The van der Waals surface area contributed by atoms with E-state index in [1.807, 2.05) is 31.3 Å². The van der Waals surface area contributed by atoms with E-state index in [1.54, 1.807) is 12.1 Å². The zero-order chi connectivity index (χ0) is 22.1. The van der Waals surface area contributed by atoms with Gasteiger partial charge in [-0.2, -0.15) is 0 Å². The van der Waals surface area contributed by atoms with E-state index < -0.39 is 29.5 Å². The van der Waals surface area contributed by atoms with Crippen molar-refractivity contribution in [1.82, 2.24) is 9.88 Å². The average Bonchev–Trinajstić information content (AvgIpc) is 3.02. The van der Waals surface area contributed by atoms with Gasteiger partial charge in [-0.1, -0.05) is 6.07 Å². The molecule has 1 N–H and O–H groups in total. The van der Waals surface area contributed by atoms with Crippen LogP contribution < -0.4 is 9.47 Å². The molecule has 0 unspecified atom stereocenters. The lowest BCUT2D eigenvalue weighted by Gasteiger charge is -2.13. The summed E-state index contributed by atoms with van der Waals surface area (Å²) in [6.45, 7) is 2.08. The minimum absolute atomic E-state index is 0.0340. The first-order valence-corrected chi connectivity index (χ1v) is 9.07. The number of benzene rings is 2. The van der Waals surface area contributed by atoms with Crippen LogP contribution in [-0.2, 0) is 6.42 Å². The van der Waals surface area contributed by atoms with Crippen molar-refractivity contribution in [2.45, 2.75) is 19.7 Å². The first kappa shape index (κ1) is 21.6. The molecule has 0 saturated heterocycles. The molecule has 5 nitrogen and oxygen atoms in total. The van der Waals surface area contributed by atoms with Crippen molar-refractivity contribution >= 4 is 16.9 Å². The summed E-state index contributed by atoms with van der Waals surface area (Å²) in [6, 6.07) is 6.53. The molecule has 30 heavy (non-hydrogen) atoms. The SMILES string of the molecule is Cc1cc(OC(F)(F)F)cc(F)c1C(=O)Oc1cccc2[nH]cc(CCN(C)C)c12. The molecular formula is C21H20F4N2O3. The fraction of sp³-hybridized carbons (Fsp3) is 0.286. The van der Waals surface area contributed by atoms with Gasteiger partial charge in [-0.05, 0) is 56.8 Å². The van der Waals surface area contributed by atoms with Crippen LogP contribution in [-0.4, -0.2) is 42.9 Å². The van der Waals surface area contributed by atoms with Gasteiger partial charge in [-0.25, -0.2) is 9.18 Å². The predicted octanol–water partition coefficient (Wildman–Crippen LogP) is 4.84. The summed E-state index contributed by atoms with van der Waals surface area (Å²) < 4.78 is 60.7. The van der Waals surface area contributed by atoms with E-state index in [9.17, 15) is 22.4 Å². The smallest absolute Gasteiger partial charge is 0.422 e. The van der Waals surface area contributed by atoms with E-state index in [0.717, 1.165) is 23.7 Å². The van der Waals surface area contributed by atoms with E-state index in [-0.39, 0.29) is 11.3 Å². The second kappa shape index (κ2) is 8.35. The Morgan fingerprint density at radius 2 is 1.93 bits per heavy atom. The molecule has 0 fully saturated rings. The fourth-order valence-electron chi connectivity index (χ4n) is 3.16. The number of hydrogen-bond donors (Lipinski definition) is 1. The molecule has 2 aromatic carbocycles. The number of alkyl halides is 3. The van der Waals surface area contributed by atoms with Crippen molar-refractivity contribution in [3.8, 4) is 11.5 Å². The molecule has 0 aliphatic heterocycles. The highest BCUT2D eigenvalue weighted by Gasteiger charge is 2.32.